The van der Waals surface area contributed by atoms with Gasteiger partial charge in [-0.05, 0) is 35.9 Å². The van der Waals surface area contributed by atoms with E-state index in [1.807, 2.05) is 47.1 Å². The first-order valence-electron chi connectivity index (χ1n) is 11.3. The topological polar surface area (TPSA) is 111 Å². The number of aliphatic carboxylic acids is 1. The fourth-order valence-corrected chi connectivity index (χ4v) is 3.49. The van der Waals surface area contributed by atoms with E-state index in [2.05, 4.69) is 16.1 Å². The number of carbonyl (C=O) groups excluding carboxylic acids is 1. The number of amides is 1. The molecule has 0 saturated heterocycles. The Hall–Kier alpha value is -4.23. The number of aromatic nitrogens is 4. The third-order valence-electron chi connectivity index (χ3n) is 5.36. The standard InChI is InChI=1S/C23H25N5O3.C2HF3O2/c1-30-14-12-26(13-15-31-2)23(29)21-9-11-25-28(21)22-8-7-20-6-5-19(17-27(20)22)18-4-3-10-24-16-18;3-2(4,5)1(6)7/h3-11,16-17H,12-15H2,1-2H3;(H,6,7). The molecular weight excluding hydrogens is 507 g/mol. The molecule has 0 radical (unpaired) electrons. The minimum absolute atomic E-state index is 0.120. The number of carboxylic acids is 1. The summed E-state index contributed by atoms with van der Waals surface area (Å²) in [5, 5.41) is 11.6. The highest BCUT2D eigenvalue weighted by molar-refractivity contribution is 5.93. The first kappa shape index (κ1) is 28.3. The number of pyridine rings is 2. The van der Waals surface area contributed by atoms with E-state index in [-0.39, 0.29) is 5.91 Å². The lowest BCUT2D eigenvalue weighted by Gasteiger charge is -2.22. The highest BCUT2D eigenvalue weighted by atomic mass is 19.4. The van der Waals surface area contributed by atoms with Crippen molar-refractivity contribution in [2.75, 3.05) is 40.5 Å². The summed E-state index contributed by atoms with van der Waals surface area (Å²) >= 11 is 0. The van der Waals surface area contributed by atoms with Gasteiger partial charge in [-0.2, -0.15) is 18.3 Å². The largest absolute Gasteiger partial charge is 0.490 e. The maximum absolute atomic E-state index is 13.3. The van der Waals surface area contributed by atoms with E-state index in [9.17, 15) is 18.0 Å². The lowest BCUT2D eigenvalue weighted by Crippen LogP contribution is -2.37. The van der Waals surface area contributed by atoms with Gasteiger partial charge in [0.25, 0.3) is 5.91 Å². The van der Waals surface area contributed by atoms with E-state index in [0.29, 0.717) is 32.0 Å². The van der Waals surface area contributed by atoms with Crippen molar-refractivity contribution in [3.63, 3.8) is 0 Å². The molecule has 0 aliphatic rings. The molecule has 0 saturated carbocycles. The van der Waals surface area contributed by atoms with Crippen LogP contribution in [0.3, 0.4) is 0 Å². The molecule has 1 amide bonds. The van der Waals surface area contributed by atoms with Crippen LogP contribution in [0, 0.1) is 0 Å². The van der Waals surface area contributed by atoms with Crippen LogP contribution in [-0.2, 0) is 14.3 Å². The second-order valence-corrected chi connectivity index (χ2v) is 7.85. The molecule has 0 aliphatic heterocycles. The third-order valence-corrected chi connectivity index (χ3v) is 5.36. The molecule has 0 fully saturated rings. The van der Waals surface area contributed by atoms with E-state index in [1.165, 1.54) is 0 Å². The van der Waals surface area contributed by atoms with Crippen molar-refractivity contribution in [1.29, 1.82) is 0 Å². The molecule has 10 nitrogen and oxygen atoms in total. The third kappa shape index (κ3) is 6.95. The molecule has 0 bridgehead atoms. The summed E-state index contributed by atoms with van der Waals surface area (Å²) in [6.07, 6.45) is 2.17. The number of halogens is 3. The van der Waals surface area contributed by atoms with E-state index >= 15 is 0 Å². The molecular formula is C25H26F3N5O5. The number of carbonyl (C=O) groups is 2. The van der Waals surface area contributed by atoms with Gasteiger partial charge in [0.1, 0.15) is 11.5 Å². The molecule has 0 unspecified atom stereocenters. The maximum Gasteiger partial charge on any atom is 0.490 e. The average Bonchev–Trinajstić information content (AvgIpc) is 3.55. The number of fused-ring (bicyclic) bond motifs is 1. The van der Waals surface area contributed by atoms with Crippen molar-refractivity contribution in [3.05, 3.63) is 72.9 Å². The molecule has 38 heavy (non-hydrogen) atoms. The summed E-state index contributed by atoms with van der Waals surface area (Å²) in [7, 11) is 3.24. The van der Waals surface area contributed by atoms with Crippen LogP contribution in [0.25, 0.3) is 22.5 Å². The molecule has 0 aliphatic carbocycles. The van der Waals surface area contributed by atoms with Crippen molar-refractivity contribution < 1.29 is 37.3 Å². The molecule has 1 N–H and O–H groups in total. The Morgan fingerprint density at radius 1 is 0.974 bits per heavy atom. The lowest BCUT2D eigenvalue weighted by atomic mass is 10.1. The molecule has 0 atom stereocenters. The maximum atomic E-state index is 13.3. The van der Waals surface area contributed by atoms with Crippen LogP contribution in [0.5, 0.6) is 0 Å². The first-order valence-corrected chi connectivity index (χ1v) is 11.3. The number of rotatable bonds is 9. The van der Waals surface area contributed by atoms with Gasteiger partial charge in [0, 0.05) is 57.0 Å². The number of hydrogen-bond acceptors (Lipinski definition) is 6. The van der Waals surface area contributed by atoms with Crippen LogP contribution >= 0.6 is 0 Å². The van der Waals surface area contributed by atoms with Crippen molar-refractivity contribution in [2.45, 2.75) is 6.18 Å². The number of ether oxygens (including phenoxy) is 2. The molecule has 0 aromatic carbocycles. The van der Waals surface area contributed by atoms with Crippen LogP contribution in [0.2, 0.25) is 0 Å². The minimum atomic E-state index is -5.08. The second kappa shape index (κ2) is 12.8. The minimum Gasteiger partial charge on any atom is -0.475 e. The van der Waals surface area contributed by atoms with Gasteiger partial charge in [0.15, 0.2) is 0 Å². The molecule has 4 rings (SSSR count). The molecule has 4 heterocycles. The Balaban J connectivity index is 0.000000505. The zero-order valence-electron chi connectivity index (χ0n) is 20.6. The Morgan fingerprint density at radius 2 is 1.63 bits per heavy atom. The van der Waals surface area contributed by atoms with Gasteiger partial charge >= 0.3 is 12.1 Å². The van der Waals surface area contributed by atoms with Gasteiger partial charge in [0.05, 0.1) is 19.4 Å². The van der Waals surface area contributed by atoms with Gasteiger partial charge in [-0.15, -0.1) is 0 Å². The number of hydrogen-bond donors (Lipinski definition) is 1. The predicted octanol–water partition coefficient (Wildman–Crippen LogP) is 3.56. The zero-order chi connectivity index (χ0) is 27.7. The van der Waals surface area contributed by atoms with Crippen molar-refractivity contribution >= 4 is 17.4 Å². The van der Waals surface area contributed by atoms with Gasteiger partial charge in [-0.25, -0.2) is 9.48 Å². The van der Waals surface area contributed by atoms with E-state index < -0.39 is 12.1 Å². The molecule has 4 aromatic rings. The molecule has 0 spiro atoms. The zero-order valence-corrected chi connectivity index (χ0v) is 20.6. The number of carboxylic acid groups (broad SMARTS) is 1. The Labute approximate surface area is 215 Å². The normalized spacial score (nSPS) is 11.2. The van der Waals surface area contributed by atoms with Crippen molar-refractivity contribution in [1.82, 2.24) is 24.1 Å². The van der Waals surface area contributed by atoms with Crippen molar-refractivity contribution in [2.24, 2.45) is 0 Å². The fraction of sp³-hybridized carbons (Fsp3) is 0.280. The quantitative estimate of drug-likeness (QED) is 0.350. The number of methoxy groups -OCH3 is 2. The first-order chi connectivity index (χ1) is 18.2. The van der Waals surface area contributed by atoms with E-state index in [1.54, 1.807) is 42.3 Å². The molecule has 13 heteroatoms. The SMILES string of the molecule is COCCN(CCOC)C(=O)c1ccnn1-c1ccc2ccc(-c3cccnc3)cn12.O=C(O)C(F)(F)F. The number of alkyl halides is 3. The molecule has 202 valence electrons. The second-order valence-electron chi connectivity index (χ2n) is 7.85. The van der Waals surface area contributed by atoms with E-state index in [4.69, 9.17) is 19.4 Å². The van der Waals surface area contributed by atoms with Gasteiger partial charge in [-0.1, -0.05) is 12.1 Å². The van der Waals surface area contributed by atoms with Crippen LogP contribution in [0.4, 0.5) is 13.2 Å². The highest BCUT2D eigenvalue weighted by Crippen LogP contribution is 2.23. The fourth-order valence-electron chi connectivity index (χ4n) is 3.49. The summed E-state index contributed by atoms with van der Waals surface area (Å²) < 4.78 is 45.8. The summed E-state index contributed by atoms with van der Waals surface area (Å²) in [6.45, 7) is 1.85. The summed E-state index contributed by atoms with van der Waals surface area (Å²) in [4.78, 5) is 28.1. The van der Waals surface area contributed by atoms with Crippen molar-refractivity contribution in [3.8, 4) is 16.9 Å². The van der Waals surface area contributed by atoms with Crippen LogP contribution in [-0.4, -0.2) is 87.7 Å². The summed E-state index contributed by atoms with van der Waals surface area (Å²) in [5.74, 6) is -2.09. The lowest BCUT2D eigenvalue weighted by molar-refractivity contribution is -0.192. The average molecular weight is 534 g/mol. The van der Waals surface area contributed by atoms with E-state index in [0.717, 1.165) is 22.5 Å². The van der Waals surface area contributed by atoms with Gasteiger partial charge < -0.3 is 23.9 Å². The van der Waals surface area contributed by atoms with Gasteiger partial charge in [0.2, 0.25) is 0 Å². The molecule has 4 aromatic heterocycles. The smallest absolute Gasteiger partial charge is 0.475 e. The Bertz CT molecular complexity index is 1350. The van der Waals surface area contributed by atoms with Gasteiger partial charge in [-0.3, -0.25) is 9.78 Å². The predicted molar refractivity (Wildman–Crippen MR) is 131 cm³/mol. The van der Waals surface area contributed by atoms with Crippen LogP contribution < -0.4 is 0 Å². The van der Waals surface area contributed by atoms with Crippen LogP contribution in [0.15, 0.2) is 67.3 Å². The Kier molecular flexibility index (Phi) is 9.57. The Morgan fingerprint density at radius 3 is 2.21 bits per heavy atom. The number of nitrogens with zero attached hydrogens (tertiary/aromatic N) is 5. The summed E-state index contributed by atoms with van der Waals surface area (Å²) in [5.41, 5.74) is 3.54. The van der Waals surface area contributed by atoms with Crippen LogP contribution in [0.1, 0.15) is 10.5 Å². The monoisotopic (exact) mass is 533 g/mol. The summed E-state index contributed by atoms with van der Waals surface area (Å²) in [6, 6.07) is 13.7. The highest BCUT2D eigenvalue weighted by Gasteiger charge is 2.38.